The molecule has 5 heteroatoms. The molecule has 0 spiro atoms. The number of carboxylic acid groups (broad SMARTS) is 1. The first-order valence-corrected chi connectivity index (χ1v) is 4.94. The molecule has 0 saturated carbocycles. The third kappa shape index (κ3) is 1.63. The van der Waals surface area contributed by atoms with Gasteiger partial charge in [-0.2, -0.15) is 5.10 Å². The lowest BCUT2D eigenvalue weighted by Crippen LogP contribution is -2.18. The number of aliphatic carboxylic acids is 1. The van der Waals surface area contributed by atoms with Crippen LogP contribution in [0.3, 0.4) is 0 Å². The second-order valence-corrected chi connectivity index (χ2v) is 3.83. The fourth-order valence-electron chi connectivity index (χ4n) is 1.94. The molecule has 1 aromatic heterocycles. The van der Waals surface area contributed by atoms with Crippen LogP contribution < -0.4 is 0 Å². The Labute approximate surface area is 87.7 Å². The molecule has 1 saturated heterocycles. The highest BCUT2D eigenvalue weighted by atomic mass is 16.5. The summed E-state index contributed by atoms with van der Waals surface area (Å²) < 4.78 is 7.20. The van der Waals surface area contributed by atoms with Crippen LogP contribution in [0.4, 0.5) is 0 Å². The Bertz CT molecular complexity index is 386. The van der Waals surface area contributed by atoms with Crippen molar-refractivity contribution in [3.8, 4) is 0 Å². The smallest absolute Gasteiger partial charge is 0.309 e. The Morgan fingerprint density at radius 3 is 3.00 bits per heavy atom. The number of carbonyl (C=O) groups is 1. The molecule has 0 radical (unpaired) electrons. The molecule has 0 bridgehead atoms. The van der Waals surface area contributed by atoms with Gasteiger partial charge in [0.05, 0.1) is 18.2 Å². The average Bonchev–Trinajstić information content (AvgIpc) is 2.75. The summed E-state index contributed by atoms with van der Waals surface area (Å²) in [5.74, 6) is -1.23. The first-order chi connectivity index (χ1) is 7.11. The maximum absolute atomic E-state index is 11.0. The predicted molar refractivity (Wildman–Crippen MR) is 52.4 cm³/mol. The number of ether oxygens (including phenoxy) is 1. The first kappa shape index (κ1) is 10.2. The molecule has 1 N–H and O–H groups in total. The van der Waals surface area contributed by atoms with E-state index in [1.54, 1.807) is 10.9 Å². The molecule has 1 aliphatic rings. The SMILES string of the molecule is Cc1c(C2OCCC2C(=O)O)cnn1C. The Balaban J connectivity index is 2.30. The van der Waals surface area contributed by atoms with Gasteiger partial charge in [0.1, 0.15) is 0 Å². The second kappa shape index (κ2) is 3.66. The molecule has 0 aromatic carbocycles. The second-order valence-electron chi connectivity index (χ2n) is 3.83. The topological polar surface area (TPSA) is 64.3 Å². The number of hydrogen-bond acceptors (Lipinski definition) is 3. The van der Waals surface area contributed by atoms with Crippen molar-refractivity contribution < 1.29 is 14.6 Å². The molecule has 5 nitrogen and oxygen atoms in total. The molecule has 1 aromatic rings. The number of aryl methyl sites for hydroxylation is 1. The number of hydrogen-bond donors (Lipinski definition) is 1. The van der Waals surface area contributed by atoms with Crippen molar-refractivity contribution in [2.24, 2.45) is 13.0 Å². The summed E-state index contributed by atoms with van der Waals surface area (Å²) in [6.07, 6.45) is 1.94. The van der Waals surface area contributed by atoms with Gasteiger partial charge < -0.3 is 9.84 Å². The summed E-state index contributed by atoms with van der Waals surface area (Å²) >= 11 is 0. The monoisotopic (exact) mass is 210 g/mol. The van der Waals surface area contributed by atoms with E-state index >= 15 is 0 Å². The van der Waals surface area contributed by atoms with Crippen LogP contribution in [-0.4, -0.2) is 27.5 Å². The number of nitrogens with zero attached hydrogens (tertiary/aromatic N) is 2. The van der Waals surface area contributed by atoms with Gasteiger partial charge in [0, 0.05) is 24.9 Å². The fraction of sp³-hybridized carbons (Fsp3) is 0.600. The summed E-state index contributed by atoms with van der Waals surface area (Å²) in [6, 6.07) is 0. The van der Waals surface area contributed by atoms with Gasteiger partial charge in [-0.05, 0) is 13.3 Å². The van der Waals surface area contributed by atoms with Gasteiger partial charge >= 0.3 is 5.97 Å². The van der Waals surface area contributed by atoms with Crippen LogP contribution in [0.15, 0.2) is 6.20 Å². The fourth-order valence-corrected chi connectivity index (χ4v) is 1.94. The van der Waals surface area contributed by atoms with Crippen LogP contribution in [0.5, 0.6) is 0 Å². The van der Waals surface area contributed by atoms with Crippen molar-refractivity contribution in [3.63, 3.8) is 0 Å². The van der Waals surface area contributed by atoms with Crippen molar-refractivity contribution >= 4 is 5.97 Å². The zero-order valence-electron chi connectivity index (χ0n) is 8.80. The Kier molecular flexibility index (Phi) is 2.48. The highest BCUT2D eigenvalue weighted by Gasteiger charge is 2.36. The van der Waals surface area contributed by atoms with Crippen molar-refractivity contribution in [3.05, 3.63) is 17.5 Å². The number of rotatable bonds is 2. The van der Waals surface area contributed by atoms with Gasteiger partial charge in [-0.1, -0.05) is 0 Å². The van der Waals surface area contributed by atoms with E-state index in [-0.39, 0.29) is 6.10 Å². The Morgan fingerprint density at radius 1 is 1.73 bits per heavy atom. The number of aromatic nitrogens is 2. The summed E-state index contributed by atoms with van der Waals surface area (Å²) in [7, 11) is 1.84. The van der Waals surface area contributed by atoms with E-state index in [2.05, 4.69) is 5.10 Å². The van der Waals surface area contributed by atoms with E-state index in [1.807, 2.05) is 14.0 Å². The van der Waals surface area contributed by atoms with Gasteiger partial charge in [-0.25, -0.2) is 0 Å². The molecule has 0 amide bonds. The van der Waals surface area contributed by atoms with Crippen LogP contribution in [0.2, 0.25) is 0 Å². The Hall–Kier alpha value is -1.36. The summed E-state index contributed by atoms with van der Waals surface area (Å²) in [5.41, 5.74) is 1.86. The lowest BCUT2D eigenvalue weighted by atomic mass is 9.96. The average molecular weight is 210 g/mol. The predicted octanol–water partition coefficient (Wildman–Crippen LogP) is 0.891. The molecule has 0 aliphatic carbocycles. The minimum Gasteiger partial charge on any atom is -0.481 e. The quantitative estimate of drug-likeness (QED) is 0.787. The van der Waals surface area contributed by atoms with Crippen LogP contribution in [0.1, 0.15) is 23.8 Å². The van der Waals surface area contributed by atoms with Crippen LogP contribution in [0.25, 0.3) is 0 Å². The van der Waals surface area contributed by atoms with Crippen molar-refractivity contribution in [2.75, 3.05) is 6.61 Å². The molecule has 2 atom stereocenters. The summed E-state index contributed by atoms with van der Waals surface area (Å²) in [5, 5.41) is 13.1. The first-order valence-electron chi connectivity index (χ1n) is 4.94. The molecule has 15 heavy (non-hydrogen) atoms. The van der Waals surface area contributed by atoms with E-state index in [0.717, 1.165) is 11.3 Å². The van der Waals surface area contributed by atoms with Crippen molar-refractivity contribution in [1.29, 1.82) is 0 Å². The molecule has 82 valence electrons. The Morgan fingerprint density at radius 2 is 2.47 bits per heavy atom. The molecule has 1 fully saturated rings. The van der Waals surface area contributed by atoms with E-state index in [9.17, 15) is 4.79 Å². The van der Waals surface area contributed by atoms with Crippen LogP contribution >= 0.6 is 0 Å². The van der Waals surface area contributed by atoms with Crippen LogP contribution in [0, 0.1) is 12.8 Å². The largest absolute Gasteiger partial charge is 0.481 e. The van der Waals surface area contributed by atoms with Crippen LogP contribution in [-0.2, 0) is 16.6 Å². The van der Waals surface area contributed by atoms with Gasteiger partial charge in [0.15, 0.2) is 0 Å². The molecule has 2 rings (SSSR count). The molecule has 2 unspecified atom stereocenters. The maximum Gasteiger partial charge on any atom is 0.309 e. The summed E-state index contributed by atoms with van der Waals surface area (Å²) in [4.78, 5) is 11.0. The molecule has 2 heterocycles. The highest BCUT2D eigenvalue weighted by Crippen LogP contribution is 2.35. The zero-order valence-corrected chi connectivity index (χ0v) is 8.80. The highest BCUT2D eigenvalue weighted by molar-refractivity contribution is 5.71. The molecule has 1 aliphatic heterocycles. The third-order valence-electron chi connectivity index (χ3n) is 2.99. The normalized spacial score (nSPS) is 25.7. The van der Waals surface area contributed by atoms with E-state index < -0.39 is 11.9 Å². The minimum atomic E-state index is -0.791. The molecular formula is C10H14N2O3. The van der Waals surface area contributed by atoms with E-state index in [1.165, 1.54) is 0 Å². The van der Waals surface area contributed by atoms with Crippen molar-refractivity contribution in [1.82, 2.24) is 9.78 Å². The van der Waals surface area contributed by atoms with Gasteiger partial charge in [-0.3, -0.25) is 9.48 Å². The zero-order chi connectivity index (χ0) is 11.0. The van der Waals surface area contributed by atoms with E-state index in [0.29, 0.717) is 13.0 Å². The third-order valence-corrected chi connectivity index (χ3v) is 2.99. The van der Waals surface area contributed by atoms with Gasteiger partial charge in [0.2, 0.25) is 0 Å². The molecular weight excluding hydrogens is 196 g/mol. The van der Waals surface area contributed by atoms with Gasteiger partial charge in [0.25, 0.3) is 0 Å². The summed E-state index contributed by atoms with van der Waals surface area (Å²) in [6.45, 7) is 2.43. The minimum absolute atomic E-state index is 0.337. The number of carboxylic acids is 1. The van der Waals surface area contributed by atoms with Gasteiger partial charge in [-0.15, -0.1) is 0 Å². The van der Waals surface area contributed by atoms with Crippen molar-refractivity contribution in [2.45, 2.75) is 19.4 Å². The lowest BCUT2D eigenvalue weighted by molar-refractivity contribution is -0.143. The maximum atomic E-state index is 11.0. The van der Waals surface area contributed by atoms with E-state index in [4.69, 9.17) is 9.84 Å². The standard InChI is InChI=1S/C10H14N2O3/c1-6-8(5-11-12(6)2)9-7(10(13)14)3-4-15-9/h5,7,9H,3-4H2,1-2H3,(H,13,14). The lowest BCUT2D eigenvalue weighted by Gasteiger charge is -2.14.